The van der Waals surface area contributed by atoms with Crippen molar-refractivity contribution in [1.29, 1.82) is 0 Å². The topological polar surface area (TPSA) is 30.2 Å². The quantitative estimate of drug-likeness (QED) is 0.609. The molecule has 0 aliphatic carbocycles. The van der Waals surface area contributed by atoms with Gasteiger partial charge in [-0.05, 0) is 58.6 Å². The second-order valence-corrected chi connectivity index (χ2v) is 6.09. The van der Waals surface area contributed by atoms with E-state index in [9.17, 15) is 4.79 Å². The van der Waals surface area contributed by atoms with Crippen LogP contribution in [-0.2, 0) is 6.42 Å². The SMILES string of the molecule is Cc1cccc(C)c1CC(=O)c1cc2cccc(Br)c2o1. The average Bonchev–Trinajstić information content (AvgIpc) is 2.88. The Hall–Kier alpha value is -1.87. The Morgan fingerprint density at radius 3 is 2.43 bits per heavy atom. The molecule has 2 aromatic carbocycles. The molecule has 0 aliphatic rings. The number of Topliss-reactive ketones (excluding diaryl/α,β-unsaturated/α-hetero) is 1. The summed E-state index contributed by atoms with van der Waals surface area (Å²) in [6.07, 6.45) is 0.371. The first-order valence-corrected chi connectivity index (χ1v) is 7.62. The van der Waals surface area contributed by atoms with E-state index in [1.165, 1.54) is 0 Å². The lowest BCUT2D eigenvalue weighted by Gasteiger charge is -2.07. The number of para-hydroxylation sites is 1. The standard InChI is InChI=1S/C18H15BrO2/c1-11-5-3-6-12(2)14(11)10-16(20)17-9-13-7-4-8-15(19)18(13)21-17/h3-9H,10H2,1-2H3. The highest BCUT2D eigenvalue weighted by atomic mass is 79.9. The number of benzene rings is 2. The lowest BCUT2D eigenvalue weighted by molar-refractivity contribution is 0.0968. The fraction of sp³-hybridized carbons (Fsp3) is 0.167. The smallest absolute Gasteiger partial charge is 0.202 e. The summed E-state index contributed by atoms with van der Waals surface area (Å²) in [7, 11) is 0. The number of aryl methyl sites for hydroxylation is 2. The largest absolute Gasteiger partial charge is 0.452 e. The number of fused-ring (bicyclic) bond motifs is 1. The fourth-order valence-corrected chi connectivity index (χ4v) is 3.00. The van der Waals surface area contributed by atoms with E-state index >= 15 is 0 Å². The summed E-state index contributed by atoms with van der Waals surface area (Å²) in [6.45, 7) is 4.07. The number of ketones is 1. The van der Waals surface area contributed by atoms with Gasteiger partial charge in [0.2, 0.25) is 5.78 Å². The molecule has 0 atom stereocenters. The molecule has 106 valence electrons. The summed E-state index contributed by atoms with van der Waals surface area (Å²) in [5, 5.41) is 0.939. The third-order valence-electron chi connectivity index (χ3n) is 3.75. The van der Waals surface area contributed by atoms with Crippen molar-refractivity contribution < 1.29 is 9.21 Å². The normalized spacial score (nSPS) is 11.0. The molecule has 0 saturated heterocycles. The van der Waals surface area contributed by atoms with Crippen molar-refractivity contribution in [2.24, 2.45) is 0 Å². The number of rotatable bonds is 3. The first kappa shape index (κ1) is 14.1. The second-order valence-electron chi connectivity index (χ2n) is 5.24. The molecule has 0 unspecified atom stereocenters. The number of halogens is 1. The van der Waals surface area contributed by atoms with Crippen molar-refractivity contribution >= 4 is 32.7 Å². The Balaban J connectivity index is 1.96. The van der Waals surface area contributed by atoms with Gasteiger partial charge in [0.1, 0.15) is 5.58 Å². The van der Waals surface area contributed by atoms with Crippen LogP contribution in [0.3, 0.4) is 0 Å². The van der Waals surface area contributed by atoms with Gasteiger partial charge in [-0.3, -0.25) is 4.79 Å². The highest BCUT2D eigenvalue weighted by Crippen LogP contribution is 2.28. The van der Waals surface area contributed by atoms with E-state index in [1.807, 2.05) is 56.3 Å². The van der Waals surface area contributed by atoms with Gasteiger partial charge in [-0.25, -0.2) is 0 Å². The van der Waals surface area contributed by atoms with Crippen molar-refractivity contribution in [2.75, 3.05) is 0 Å². The lowest BCUT2D eigenvalue weighted by Crippen LogP contribution is -2.05. The molecule has 3 rings (SSSR count). The Morgan fingerprint density at radius 1 is 1.10 bits per heavy atom. The minimum atomic E-state index is 0.00972. The molecule has 0 radical (unpaired) electrons. The predicted molar refractivity (Wildman–Crippen MR) is 87.9 cm³/mol. The summed E-state index contributed by atoms with van der Waals surface area (Å²) >= 11 is 3.44. The molecule has 0 aliphatic heterocycles. The van der Waals surface area contributed by atoms with Gasteiger partial charge in [0.15, 0.2) is 5.76 Å². The van der Waals surface area contributed by atoms with E-state index in [0.717, 1.165) is 32.1 Å². The van der Waals surface area contributed by atoms with Crippen molar-refractivity contribution in [2.45, 2.75) is 20.3 Å². The molecule has 0 amide bonds. The van der Waals surface area contributed by atoms with Crippen LogP contribution >= 0.6 is 15.9 Å². The number of carbonyl (C=O) groups excluding carboxylic acids is 1. The maximum absolute atomic E-state index is 12.5. The van der Waals surface area contributed by atoms with Crippen LogP contribution in [-0.4, -0.2) is 5.78 Å². The molecule has 0 bridgehead atoms. The van der Waals surface area contributed by atoms with E-state index < -0.39 is 0 Å². The number of hydrogen-bond donors (Lipinski definition) is 0. The van der Waals surface area contributed by atoms with Gasteiger partial charge in [-0.2, -0.15) is 0 Å². The monoisotopic (exact) mass is 342 g/mol. The van der Waals surface area contributed by atoms with Crippen LogP contribution in [0.25, 0.3) is 11.0 Å². The Labute approximate surface area is 131 Å². The van der Waals surface area contributed by atoms with Crippen molar-refractivity contribution in [3.8, 4) is 0 Å². The summed E-state index contributed by atoms with van der Waals surface area (Å²) in [5.41, 5.74) is 4.09. The molecule has 21 heavy (non-hydrogen) atoms. The molecule has 1 aromatic heterocycles. The Kier molecular flexibility index (Phi) is 3.68. The number of hydrogen-bond acceptors (Lipinski definition) is 2. The molecule has 0 N–H and O–H groups in total. The van der Waals surface area contributed by atoms with Crippen molar-refractivity contribution in [3.05, 3.63) is 69.4 Å². The summed E-state index contributed by atoms with van der Waals surface area (Å²) in [6, 6.07) is 13.7. The number of carbonyl (C=O) groups is 1. The molecule has 0 fully saturated rings. The van der Waals surface area contributed by atoms with Crippen LogP contribution in [0.1, 0.15) is 27.2 Å². The molecule has 3 aromatic rings. The maximum Gasteiger partial charge on any atom is 0.202 e. The molecular weight excluding hydrogens is 328 g/mol. The van der Waals surface area contributed by atoms with Crippen LogP contribution in [0.15, 0.2) is 51.4 Å². The average molecular weight is 343 g/mol. The molecular formula is C18H15BrO2. The first-order valence-electron chi connectivity index (χ1n) is 6.82. The van der Waals surface area contributed by atoms with E-state index in [2.05, 4.69) is 15.9 Å². The van der Waals surface area contributed by atoms with Gasteiger partial charge in [0.25, 0.3) is 0 Å². The molecule has 1 heterocycles. The van der Waals surface area contributed by atoms with Gasteiger partial charge in [0.05, 0.1) is 4.47 Å². The zero-order chi connectivity index (χ0) is 15.0. The lowest BCUT2D eigenvalue weighted by atomic mass is 9.97. The summed E-state index contributed by atoms with van der Waals surface area (Å²) < 4.78 is 6.58. The van der Waals surface area contributed by atoms with Crippen LogP contribution in [0.2, 0.25) is 0 Å². The molecule has 2 nitrogen and oxygen atoms in total. The third kappa shape index (κ3) is 2.66. The summed E-state index contributed by atoms with van der Waals surface area (Å²) in [4.78, 5) is 12.5. The van der Waals surface area contributed by atoms with Gasteiger partial charge in [0, 0.05) is 11.8 Å². The minimum absolute atomic E-state index is 0.00972. The fourth-order valence-electron chi connectivity index (χ4n) is 2.54. The van der Waals surface area contributed by atoms with Crippen LogP contribution in [0.5, 0.6) is 0 Å². The van der Waals surface area contributed by atoms with E-state index in [4.69, 9.17) is 4.42 Å². The third-order valence-corrected chi connectivity index (χ3v) is 4.38. The van der Waals surface area contributed by atoms with Gasteiger partial charge in [-0.1, -0.05) is 30.3 Å². The van der Waals surface area contributed by atoms with E-state index in [-0.39, 0.29) is 5.78 Å². The van der Waals surface area contributed by atoms with Crippen LogP contribution in [0, 0.1) is 13.8 Å². The highest BCUT2D eigenvalue weighted by molar-refractivity contribution is 9.10. The highest BCUT2D eigenvalue weighted by Gasteiger charge is 2.16. The molecule has 3 heteroatoms. The maximum atomic E-state index is 12.5. The van der Waals surface area contributed by atoms with Crippen LogP contribution in [0.4, 0.5) is 0 Å². The van der Waals surface area contributed by atoms with Crippen molar-refractivity contribution in [1.82, 2.24) is 0 Å². The number of furan rings is 1. The minimum Gasteiger partial charge on any atom is -0.452 e. The first-order chi connectivity index (χ1) is 10.1. The van der Waals surface area contributed by atoms with Gasteiger partial charge in [-0.15, -0.1) is 0 Å². The van der Waals surface area contributed by atoms with E-state index in [1.54, 1.807) is 0 Å². The zero-order valence-corrected chi connectivity index (χ0v) is 13.5. The zero-order valence-electron chi connectivity index (χ0n) is 11.9. The summed E-state index contributed by atoms with van der Waals surface area (Å²) in [5.74, 6) is 0.426. The second kappa shape index (κ2) is 5.49. The predicted octanol–water partition coefficient (Wildman–Crippen LogP) is 5.24. The molecule has 0 spiro atoms. The van der Waals surface area contributed by atoms with Crippen molar-refractivity contribution in [3.63, 3.8) is 0 Å². The van der Waals surface area contributed by atoms with Crippen LogP contribution < -0.4 is 0 Å². The Bertz CT molecular complexity index is 810. The van der Waals surface area contributed by atoms with Gasteiger partial charge < -0.3 is 4.42 Å². The van der Waals surface area contributed by atoms with Gasteiger partial charge >= 0.3 is 0 Å². The molecule has 0 saturated carbocycles. The Morgan fingerprint density at radius 2 is 1.76 bits per heavy atom. The van der Waals surface area contributed by atoms with E-state index in [0.29, 0.717) is 12.2 Å².